The van der Waals surface area contributed by atoms with Crippen molar-refractivity contribution in [3.8, 4) is 11.5 Å². The minimum atomic E-state index is -0.463. The minimum absolute atomic E-state index is 0.120. The molecular formula is C31H33N5O8S. The summed E-state index contributed by atoms with van der Waals surface area (Å²) in [6.45, 7) is 3.46. The number of nitrogens with one attached hydrogen (secondary N) is 1. The zero-order valence-corrected chi connectivity index (χ0v) is 25.6. The molecule has 0 spiro atoms. The molecule has 0 aliphatic carbocycles. The first-order valence-corrected chi connectivity index (χ1v) is 15.2. The largest absolute Gasteiger partial charge is 0.493 e. The molecular weight excluding hydrogens is 602 g/mol. The third-order valence-electron chi connectivity index (χ3n) is 7.80. The van der Waals surface area contributed by atoms with E-state index in [2.05, 4.69) is 15.5 Å². The highest BCUT2D eigenvalue weighted by Gasteiger charge is 2.41. The molecule has 2 bridgehead atoms. The van der Waals surface area contributed by atoms with Crippen LogP contribution in [0, 0.1) is 12.8 Å². The number of aromatic nitrogens is 2. The van der Waals surface area contributed by atoms with Gasteiger partial charge in [-0.15, -0.1) is 11.3 Å². The number of aryl methyl sites for hydroxylation is 1. The Kier molecular flexibility index (Phi) is 9.92. The number of rotatable bonds is 3. The summed E-state index contributed by atoms with van der Waals surface area (Å²) in [7, 11) is 1.56. The molecule has 1 saturated heterocycles. The summed E-state index contributed by atoms with van der Waals surface area (Å²) in [4.78, 5) is 56.6. The highest BCUT2D eigenvalue weighted by molar-refractivity contribution is 7.17. The SMILES string of the molecule is COc1ccc2cc1OCCN(C(=O)c1cc(C)on1)CCCNC(=O)[C@H]1CN(C(=O)c3cccc4ncsc34)C[C@H]21.O=CO. The number of hydrogen-bond acceptors (Lipinski definition) is 10. The van der Waals surface area contributed by atoms with Crippen LogP contribution in [0.1, 0.15) is 44.5 Å². The second kappa shape index (κ2) is 14.2. The smallest absolute Gasteiger partial charge is 0.290 e. The quantitative estimate of drug-likeness (QED) is 0.320. The predicted molar refractivity (Wildman–Crippen MR) is 164 cm³/mol. The monoisotopic (exact) mass is 635 g/mol. The van der Waals surface area contributed by atoms with E-state index in [9.17, 15) is 14.4 Å². The van der Waals surface area contributed by atoms with Gasteiger partial charge < -0.3 is 34.2 Å². The Morgan fingerprint density at radius 2 is 1.91 bits per heavy atom. The number of thiazole rings is 1. The number of carboxylic acid groups (broad SMARTS) is 1. The number of amides is 3. The standard InChI is InChI=1S/C30H31N5O6S.CH2O2/c1-18-13-24(33-41-18)30(38)34-10-4-9-31-28(36)22-16-35(29(37)20-5-3-6-23-27(20)42-17-32-23)15-21(22)19-7-8-25(39-2)26(14-19)40-12-11-34;2-1-3/h3,5-8,13-14,17,21-22H,4,9-12,15-16H2,1-2H3,(H,31,36);1H,(H,2,3)/t21-,22+;/m1./s1. The van der Waals surface area contributed by atoms with Crippen LogP contribution in [0.3, 0.4) is 0 Å². The van der Waals surface area contributed by atoms with Crippen molar-refractivity contribution in [3.63, 3.8) is 0 Å². The van der Waals surface area contributed by atoms with E-state index in [1.165, 1.54) is 11.3 Å². The first-order chi connectivity index (χ1) is 21.8. The van der Waals surface area contributed by atoms with Gasteiger partial charge in [-0.2, -0.15) is 0 Å². The number of hydrogen-bond donors (Lipinski definition) is 2. The Hall–Kier alpha value is -4.98. The normalized spacial score (nSPS) is 18.5. The maximum absolute atomic E-state index is 13.7. The molecule has 0 saturated carbocycles. The van der Waals surface area contributed by atoms with E-state index in [4.69, 9.17) is 23.9 Å². The summed E-state index contributed by atoms with van der Waals surface area (Å²) in [5.41, 5.74) is 4.21. The predicted octanol–water partition coefficient (Wildman–Crippen LogP) is 3.20. The molecule has 2 atom stereocenters. The van der Waals surface area contributed by atoms with Crippen molar-refractivity contribution in [2.24, 2.45) is 5.92 Å². The number of benzene rings is 2. The van der Waals surface area contributed by atoms with Gasteiger partial charge in [-0.3, -0.25) is 19.2 Å². The number of ether oxygens (including phenoxy) is 2. The minimum Gasteiger partial charge on any atom is -0.493 e. The van der Waals surface area contributed by atoms with Crippen LogP contribution in [0.15, 0.2) is 52.5 Å². The number of carbonyl (C=O) groups is 4. The molecule has 2 aromatic heterocycles. The van der Waals surface area contributed by atoms with Gasteiger partial charge in [0.15, 0.2) is 17.2 Å². The van der Waals surface area contributed by atoms with Gasteiger partial charge in [0, 0.05) is 38.2 Å². The van der Waals surface area contributed by atoms with Crippen molar-refractivity contribution in [3.05, 3.63) is 70.6 Å². The van der Waals surface area contributed by atoms with E-state index in [-0.39, 0.29) is 49.0 Å². The van der Waals surface area contributed by atoms with Gasteiger partial charge in [0.05, 0.1) is 40.9 Å². The Labute approximate surface area is 262 Å². The number of methoxy groups -OCH3 is 1. The molecule has 0 unspecified atom stereocenters. The number of nitrogens with zero attached hydrogens (tertiary/aromatic N) is 4. The van der Waals surface area contributed by atoms with E-state index in [0.29, 0.717) is 55.4 Å². The molecule has 3 amide bonds. The van der Waals surface area contributed by atoms with Crippen molar-refractivity contribution in [2.45, 2.75) is 19.3 Å². The van der Waals surface area contributed by atoms with Crippen molar-refractivity contribution in [1.29, 1.82) is 0 Å². The molecule has 0 radical (unpaired) electrons. The van der Waals surface area contributed by atoms with Crippen molar-refractivity contribution in [2.75, 3.05) is 46.4 Å². The lowest BCUT2D eigenvalue weighted by molar-refractivity contribution is -0.125. The first-order valence-electron chi connectivity index (χ1n) is 14.3. The maximum Gasteiger partial charge on any atom is 0.290 e. The molecule has 2 aromatic carbocycles. The first kappa shape index (κ1) is 31.4. The molecule has 236 valence electrons. The van der Waals surface area contributed by atoms with Crippen molar-refractivity contribution >= 4 is 45.7 Å². The van der Waals surface area contributed by atoms with Crippen molar-refractivity contribution in [1.82, 2.24) is 25.3 Å². The summed E-state index contributed by atoms with van der Waals surface area (Å²) >= 11 is 1.43. The Morgan fingerprint density at radius 1 is 1.11 bits per heavy atom. The fraction of sp³-hybridized carbons (Fsp3) is 0.355. The van der Waals surface area contributed by atoms with Crippen LogP contribution in [0.4, 0.5) is 0 Å². The van der Waals surface area contributed by atoms with E-state index < -0.39 is 5.92 Å². The topological polar surface area (TPSA) is 164 Å². The fourth-order valence-corrected chi connectivity index (χ4v) is 6.45. The fourth-order valence-electron chi connectivity index (χ4n) is 5.66. The second-order valence-electron chi connectivity index (χ2n) is 10.6. The molecule has 2 aliphatic rings. The number of carbonyl (C=O) groups excluding carboxylic acids is 3. The van der Waals surface area contributed by atoms with Gasteiger partial charge in [0.1, 0.15) is 12.4 Å². The van der Waals surface area contributed by atoms with Gasteiger partial charge >= 0.3 is 0 Å². The van der Waals surface area contributed by atoms with Crippen LogP contribution in [0.5, 0.6) is 11.5 Å². The molecule has 4 heterocycles. The molecule has 45 heavy (non-hydrogen) atoms. The lowest BCUT2D eigenvalue weighted by Gasteiger charge is -2.24. The Morgan fingerprint density at radius 3 is 2.67 bits per heavy atom. The van der Waals surface area contributed by atoms with Gasteiger partial charge in [0.25, 0.3) is 18.3 Å². The Bertz CT molecular complexity index is 1690. The summed E-state index contributed by atoms with van der Waals surface area (Å²) in [5, 5.41) is 13.8. The van der Waals surface area contributed by atoms with E-state index in [1.54, 1.807) is 35.4 Å². The van der Waals surface area contributed by atoms with Crippen LogP contribution in [-0.4, -0.2) is 95.7 Å². The lowest BCUT2D eigenvalue weighted by atomic mass is 9.88. The lowest BCUT2D eigenvalue weighted by Crippen LogP contribution is -2.39. The highest BCUT2D eigenvalue weighted by Crippen LogP contribution is 2.39. The summed E-state index contributed by atoms with van der Waals surface area (Å²) in [5.74, 6) is 0.379. The van der Waals surface area contributed by atoms with Crippen molar-refractivity contribution < 1.29 is 38.3 Å². The van der Waals surface area contributed by atoms with E-state index in [0.717, 1.165) is 15.8 Å². The second-order valence-corrected chi connectivity index (χ2v) is 11.4. The van der Waals surface area contributed by atoms with Crippen LogP contribution in [0.2, 0.25) is 0 Å². The number of likely N-dealkylation sites (tertiary alicyclic amines) is 1. The average molecular weight is 636 g/mol. The summed E-state index contributed by atoms with van der Waals surface area (Å²) < 4.78 is 17.6. The zero-order chi connectivity index (χ0) is 31.9. The summed E-state index contributed by atoms with van der Waals surface area (Å²) in [6.07, 6.45) is 0.538. The molecule has 2 N–H and O–H groups in total. The molecule has 6 rings (SSSR count). The third-order valence-corrected chi connectivity index (χ3v) is 8.68. The van der Waals surface area contributed by atoms with Crippen LogP contribution in [-0.2, 0) is 9.59 Å². The van der Waals surface area contributed by atoms with E-state index >= 15 is 0 Å². The molecule has 4 aromatic rings. The Balaban J connectivity index is 0.00000128. The third kappa shape index (κ3) is 6.90. The molecule has 13 nitrogen and oxygen atoms in total. The molecule has 2 aliphatic heterocycles. The number of fused-ring (bicyclic) bond motifs is 5. The van der Waals surface area contributed by atoms with E-state index in [1.807, 2.05) is 36.4 Å². The zero-order valence-electron chi connectivity index (χ0n) is 24.8. The average Bonchev–Trinajstić information content (AvgIpc) is 3.81. The van der Waals surface area contributed by atoms with Gasteiger partial charge in [-0.05, 0) is 43.2 Å². The summed E-state index contributed by atoms with van der Waals surface area (Å²) in [6, 6.07) is 12.7. The van der Waals surface area contributed by atoms with Crippen LogP contribution >= 0.6 is 11.3 Å². The van der Waals surface area contributed by atoms with Gasteiger partial charge in [-0.25, -0.2) is 4.98 Å². The van der Waals surface area contributed by atoms with Crippen LogP contribution in [0.25, 0.3) is 10.2 Å². The van der Waals surface area contributed by atoms with Gasteiger partial charge in [0.2, 0.25) is 5.91 Å². The van der Waals surface area contributed by atoms with Gasteiger partial charge in [-0.1, -0.05) is 17.3 Å². The van der Waals surface area contributed by atoms with Crippen LogP contribution < -0.4 is 14.8 Å². The molecule has 14 heteroatoms. The highest BCUT2D eigenvalue weighted by atomic mass is 32.1. The molecule has 1 fully saturated rings. The maximum atomic E-state index is 13.7.